The largest absolute Gasteiger partial charge is 0.355 e. The number of amides is 1. The lowest BCUT2D eigenvalue weighted by atomic mass is 10.0. The molecule has 6 nitrogen and oxygen atoms in total. The molecular weight excluding hydrogens is 334 g/mol. The van der Waals surface area contributed by atoms with Crippen molar-refractivity contribution in [2.45, 2.75) is 24.8 Å². The molecule has 0 spiro atoms. The van der Waals surface area contributed by atoms with Crippen LogP contribution in [0.1, 0.15) is 23.6 Å². The van der Waals surface area contributed by atoms with Crippen LogP contribution >= 0.6 is 11.8 Å². The maximum Gasteiger partial charge on any atom is 0.232 e. The minimum atomic E-state index is -0.231. The first kappa shape index (κ1) is 17.2. The SMILES string of the molecule is CSc1nc(NC(C)=O)nc(N2CCc3ccccc3CC2)c1C#N. The van der Waals surface area contributed by atoms with Crippen molar-refractivity contribution >= 4 is 29.4 Å². The van der Waals surface area contributed by atoms with Gasteiger partial charge in [-0.25, -0.2) is 4.98 Å². The summed E-state index contributed by atoms with van der Waals surface area (Å²) >= 11 is 1.38. The summed E-state index contributed by atoms with van der Waals surface area (Å²) in [5, 5.41) is 12.8. The Balaban J connectivity index is 1.98. The molecule has 1 aromatic heterocycles. The topological polar surface area (TPSA) is 81.9 Å². The Bertz CT molecular complexity index is 819. The summed E-state index contributed by atoms with van der Waals surface area (Å²) in [5.74, 6) is 0.608. The van der Waals surface area contributed by atoms with Gasteiger partial charge in [0.05, 0.1) is 0 Å². The average Bonchev–Trinajstić information content (AvgIpc) is 2.83. The van der Waals surface area contributed by atoms with Gasteiger partial charge in [-0.3, -0.25) is 10.1 Å². The van der Waals surface area contributed by atoms with Crippen molar-refractivity contribution in [3.05, 3.63) is 41.0 Å². The van der Waals surface area contributed by atoms with Gasteiger partial charge in [-0.2, -0.15) is 10.2 Å². The van der Waals surface area contributed by atoms with Crippen LogP contribution in [-0.2, 0) is 17.6 Å². The number of thioether (sulfide) groups is 1. The van der Waals surface area contributed by atoms with Gasteiger partial charge in [0.2, 0.25) is 11.9 Å². The van der Waals surface area contributed by atoms with E-state index < -0.39 is 0 Å². The van der Waals surface area contributed by atoms with Crippen LogP contribution in [0.5, 0.6) is 0 Å². The average molecular weight is 353 g/mol. The van der Waals surface area contributed by atoms with Gasteiger partial charge in [-0.1, -0.05) is 24.3 Å². The van der Waals surface area contributed by atoms with Crippen LogP contribution in [0.2, 0.25) is 0 Å². The Morgan fingerprint density at radius 3 is 2.40 bits per heavy atom. The second-order valence-corrected chi connectivity index (χ2v) is 6.60. The fourth-order valence-corrected chi connectivity index (χ4v) is 3.52. The molecule has 2 aromatic rings. The molecule has 2 heterocycles. The quantitative estimate of drug-likeness (QED) is 0.675. The third-order valence-corrected chi connectivity index (χ3v) is 4.85. The second-order valence-electron chi connectivity index (χ2n) is 5.80. The number of nitrogens with zero attached hydrogens (tertiary/aromatic N) is 4. The van der Waals surface area contributed by atoms with E-state index in [1.807, 2.05) is 6.26 Å². The molecule has 3 rings (SSSR count). The van der Waals surface area contributed by atoms with Gasteiger partial charge in [-0.15, -0.1) is 11.8 Å². The maximum absolute atomic E-state index is 11.4. The Kier molecular flexibility index (Phi) is 5.19. The van der Waals surface area contributed by atoms with Crippen molar-refractivity contribution in [3.8, 4) is 6.07 Å². The number of nitriles is 1. The summed E-state index contributed by atoms with van der Waals surface area (Å²) in [5.41, 5.74) is 3.14. The third-order valence-electron chi connectivity index (χ3n) is 4.17. The van der Waals surface area contributed by atoms with Crippen molar-refractivity contribution in [2.24, 2.45) is 0 Å². The summed E-state index contributed by atoms with van der Waals surface area (Å²) in [4.78, 5) is 22.3. The van der Waals surface area contributed by atoms with Crippen LogP contribution in [0.15, 0.2) is 29.3 Å². The molecule has 1 amide bonds. The van der Waals surface area contributed by atoms with Crippen LogP contribution < -0.4 is 10.2 Å². The molecule has 0 atom stereocenters. The lowest BCUT2D eigenvalue weighted by Crippen LogP contribution is -2.28. The number of benzene rings is 1. The van der Waals surface area contributed by atoms with Crippen molar-refractivity contribution in [2.75, 3.05) is 29.6 Å². The smallest absolute Gasteiger partial charge is 0.232 e. The Morgan fingerprint density at radius 1 is 1.24 bits per heavy atom. The first-order valence-corrected chi connectivity index (χ1v) is 9.30. The lowest BCUT2D eigenvalue weighted by molar-refractivity contribution is -0.114. The first-order valence-electron chi connectivity index (χ1n) is 8.08. The highest BCUT2D eigenvalue weighted by atomic mass is 32.2. The minimum Gasteiger partial charge on any atom is -0.355 e. The van der Waals surface area contributed by atoms with Gasteiger partial charge in [0.15, 0.2) is 5.82 Å². The van der Waals surface area contributed by atoms with Crippen LogP contribution in [-0.4, -0.2) is 35.2 Å². The van der Waals surface area contributed by atoms with Gasteiger partial charge >= 0.3 is 0 Å². The van der Waals surface area contributed by atoms with Gasteiger partial charge in [0.25, 0.3) is 0 Å². The molecule has 0 aliphatic carbocycles. The summed E-state index contributed by atoms with van der Waals surface area (Å²) in [6.45, 7) is 2.97. The number of nitrogens with one attached hydrogen (secondary N) is 1. The highest BCUT2D eigenvalue weighted by Crippen LogP contribution is 2.29. The van der Waals surface area contributed by atoms with E-state index in [0.717, 1.165) is 25.9 Å². The molecule has 1 aliphatic heterocycles. The Labute approximate surface area is 151 Å². The van der Waals surface area contributed by atoms with E-state index in [4.69, 9.17) is 0 Å². The normalized spacial score (nSPS) is 13.6. The number of hydrogen-bond donors (Lipinski definition) is 1. The molecule has 25 heavy (non-hydrogen) atoms. The zero-order valence-electron chi connectivity index (χ0n) is 14.2. The highest BCUT2D eigenvalue weighted by Gasteiger charge is 2.22. The zero-order chi connectivity index (χ0) is 17.8. The molecule has 1 N–H and O–H groups in total. The van der Waals surface area contributed by atoms with E-state index in [0.29, 0.717) is 16.4 Å². The number of rotatable bonds is 3. The molecule has 128 valence electrons. The predicted octanol–water partition coefficient (Wildman–Crippen LogP) is 2.63. The monoisotopic (exact) mass is 353 g/mol. The third kappa shape index (κ3) is 3.74. The zero-order valence-corrected chi connectivity index (χ0v) is 15.1. The molecule has 0 fully saturated rings. The van der Waals surface area contributed by atoms with E-state index in [-0.39, 0.29) is 11.9 Å². The Morgan fingerprint density at radius 2 is 1.88 bits per heavy atom. The number of hydrogen-bond acceptors (Lipinski definition) is 6. The molecule has 0 unspecified atom stereocenters. The van der Waals surface area contributed by atoms with E-state index in [1.165, 1.54) is 29.8 Å². The molecule has 0 bridgehead atoms. The standard InChI is InChI=1S/C18H19N5OS/c1-12(24)20-18-21-16(15(11-19)17(22-18)25-2)23-9-7-13-5-3-4-6-14(13)8-10-23/h3-6H,7-10H2,1-2H3,(H,20,21,22,24). The number of anilines is 2. The van der Waals surface area contributed by atoms with Crippen molar-refractivity contribution in [1.82, 2.24) is 9.97 Å². The summed E-state index contributed by atoms with van der Waals surface area (Å²) in [7, 11) is 0. The Hall–Kier alpha value is -2.59. The summed E-state index contributed by atoms with van der Waals surface area (Å²) in [6.07, 6.45) is 3.66. The van der Waals surface area contributed by atoms with Crippen molar-refractivity contribution < 1.29 is 4.79 Å². The lowest BCUT2D eigenvalue weighted by Gasteiger charge is -2.23. The van der Waals surface area contributed by atoms with Gasteiger partial charge in [0.1, 0.15) is 16.7 Å². The van der Waals surface area contributed by atoms with Crippen LogP contribution in [0.4, 0.5) is 11.8 Å². The van der Waals surface area contributed by atoms with Crippen LogP contribution in [0.25, 0.3) is 0 Å². The van der Waals surface area contributed by atoms with E-state index in [9.17, 15) is 10.1 Å². The molecule has 0 saturated carbocycles. The highest BCUT2D eigenvalue weighted by molar-refractivity contribution is 7.98. The molecule has 7 heteroatoms. The molecule has 1 aromatic carbocycles. The molecule has 0 saturated heterocycles. The second kappa shape index (κ2) is 7.53. The summed E-state index contributed by atoms with van der Waals surface area (Å²) < 4.78 is 0. The number of aromatic nitrogens is 2. The van der Waals surface area contributed by atoms with E-state index in [1.54, 1.807) is 0 Å². The van der Waals surface area contributed by atoms with Gasteiger partial charge < -0.3 is 4.90 Å². The fraction of sp³-hybridized carbons (Fsp3) is 0.333. The fourth-order valence-electron chi connectivity index (χ4n) is 3.00. The first-order chi connectivity index (χ1) is 12.1. The maximum atomic E-state index is 11.4. The summed E-state index contributed by atoms with van der Waals surface area (Å²) in [6, 6.07) is 10.7. The van der Waals surface area contributed by atoms with Gasteiger partial charge in [0, 0.05) is 20.0 Å². The van der Waals surface area contributed by atoms with Gasteiger partial charge in [-0.05, 0) is 30.2 Å². The van der Waals surface area contributed by atoms with E-state index >= 15 is 0 Å². The van der Waals surface area contributed by atoms with Crippen molar-refractivity contribution in [3.63, 3.8) is 0 Å². The van der Waals surface area contributed by atoms with E-state index in [2.05, 4.69) is 50.5 Å². The van der Waals surface area contributed by atoms with Crippen LogP contribution in [0.3, 0.4) is 0 Å². The number of fused-ring (bicyclic) bond motifs is 1. The predicted molar refractivity (Wildman–Crippen MR) is 98.9 cm³/mol. The minimum absolute atomic E-state index is 0.231. The van der Waals surface area contributed by atoms with Crippen LogP contribution in [0, 0.1) is 11.3 Å². The molecule has 1 aliphatic rings. The number of carbonyl (C=O) groups is 1. The number of carbonyl (C=O) groups excluding carboxylic acids is 1. The molecular formula is C18H19N5OS. The van der Waals surface area contributed by atoms with Crippen molar-refractivity contribution in [1.29, 1.82) is 5.26 Å². The molecule has 0 radical (unpaired) electrons.